The number of fused-ring (bicyclic) bond motifs is 4. The Bertz CT molecular complexity index is 1620. The number of H-pyrrole nitrogens is 1. The Morgan fingerprint density at radius 1 is 1.00 bits per heavy atom. The van der Waals surface area contributed by atoms with Gasteiger partial charge in [-0.2, -0.15) is 0 Å². The van der Waals surface area contributed by atoms with Gasteiger partial charge in [0.2, 0.25) is 0 Å². The van der Waals surface area contributed by atoms with E-state index >= 15 is 0 Å². The summed E-state index contributed by atoms with van der Waals surface area (Å²) in [7, 11) is 3.34. The number of hydrogen-bond acceptors (Lipinski definition) is 3. The van der Waals surface area contributed by atoms with E-state index in [0.29, 0.717) is 24.7 Å². The Labute approximate surface area is 220 Å². The maximum Gasteiger partial charge on any atom is 0.274 e. The molecule has 186 valence electrons. The highest BCUT2D eigenvalue weighted by atomic mass is 35.5. The zero-order valence-corrected chi connectivity index (χ0v) is 21.5. The molecule has 1 aliphatic heterocycles. The van der Waals surface area contributed by atoms with Crippen LogP contribution in [-0.4, -0.2) is 37.5 Å². The van der Waals surface area contributed by atoms with Gasteiger partial charge < -0.3 is 19.4 Å². The van der Waals surface area contributed by atoms with Gasteiger partial charge in [-0.15, -0.1) is 11.6 Å². The zero-order valence-electron chi connectivity index (χ0n) is 20.8. The molecule has 0 fully saturated rings. The standard InChI is InChI=1S/C31H27ClN2O3/c1-36-18-19-7-9-20(10-8-19)26-15-29-30(25-6-4-3-5-24(25)26)22(16-32)17-34(29)31(35)28-14-21-13-23(37-2)11-12-27(21)33-28/h3-15,22,33H,16-18H2,1-2H3. The molecule has 0 radical (unpaired) electrons. The number of carbonyl (C=O) groups is 1. The zero-order chi connectivity index (χ0) is 25.5. The lowest BCUT2D eigenvalue weighted by molar-refractivity contribution is 0.0984. The molecule has 0 saturated carbocycles. The second-order valence-electron chi connectivity index (χ2n) is 9.44. The first-order valence-electron chi connectivity index (χ1n) is 12.3. The molecule has 37 heavy (non-hydrogen) atoms. The number of aromatic nitrogens is 1. The summed E-state index contributed by atoms with van der Waals surface area (Å²) in [4.78, 5) is 19.1. The number of benzene rings is 4. The number of ether oxygens (including phenoxy) is 2. The number of hydrogen-bond donors (Lipinski definition) is 1. The van der Waals surface area contributed by atoms with Crippen LogP contribution in [0, 0.1) is 0 Å². The van der Waals surface area contributed by atoms with Crippen LogP contribution in [0.3, 0.4) is 0 Å². The van der Waals surface area contributed by atoms with Crippen LogP contribution in [0.1, 0.15) is 27.5 Å². The summed E-state index contributed by atoms with van der Waals surface area (Å²) in [5.41, 5.74) is 6.80. The van der Waals surface area contributed by atoms with Crippen LogP contribution in [0.4, 0.5) is 5.69 Å². The topological polar surface area (TPSA) is 54.6 Å². The highest BCUT2D eigenvalue weighted by molar-refractivity contribution is 6.19. The van der Waals surface area contributed by atoms with Crippen LogP contribution >= 0.6 is 11.6 Å². The number of rotatable bonds is 6. The second-order valence-corrected chi connectivity index (χ2v) is 9.74. The Kier molecular flexibility index (Phi) is 6.11. The third kappa shape index (κ3) is 4.05. The molecule has 6 heteroatoms. The molecule has 1 aromatic heterocycles. The molecule has 1 atom stereocenters. The highest BCUT2D eigenvalue weighted by Crippen LogP contribution is 2.46. The molecule has 1 aliphatic rings. The first kappa shape index (κ1) is 23.6. The number of nitrogens with zero attached hydrogens (tertiary/aromatic N) is 1. The molecular formula is C31H27ClN2O3. The first-order valence-corrected chi connectivity index (χ1v) is 12.8. The van der Waals surface area contributed by atoms with Gasteiger partial charge in [0.05, 0.1) is 13.7 Å². The lowest BCUT2D eigenvalue weighted by Crippen LogP contribution is -2.30. The van der Waals surface area contributed by atoms with E-state index in [2.05, 4.69) is 59.6 Å². The minimum absolute atomic E-state index is 0.0492. The maximum absolute atomic E-state index is 13.9. The molecule has 0 spiro atoms. The van der Waals surface area contributed by atoms with Crippen molar-refractivity contribution in [3.05, 3.63) is 95.7 Å². The predicted molar refractivity (Wildman–Crippen MR) is 150 cm³/mol. The number of nitrogens with one attached hydrogen (secondary N) is 1. The highest BCUT2D eigenvalue weighted by Gasteiger charge is 2.35. The largest absolute Gasteiger partial charge is 0.497 e. The molecule has 5 nitrogen and oxygen atoms in total. The Morgan fingerprint density at radius 3 is 2.51 bits per heavy atom. The van der Waals surface area contributed by atoms with Crippen molar-refractivity contribution in [2.24, 2.45) is 0 Å². The molecule has 5 aromatic rings. The van der Waals surface area contributed by atoms with Crippen molar-refractivity contribution in [2.45, 2.75) is 12.5 Å². The van der Waals surface area contributed by atoms with Crippen LogP contribution < -0.4 is 9.64 Å². The molecule has 6 rings (SSSR count). The van der Waals surface area contributed by atoms with Crippen LogP contribution in [0.15, 0.2) is 78.9 Å². The molecular weight excluding hydrogens is 484 g/mol. The molecule has 2 heterocycles. The van der Waals surface area contributed by atoms with E-state index in [1.165, 1.54) is 0 Å². The number of carbonyl (C=O) groups excluding carboxylic acids is 1. The molecule has 0 bridgehead atoms. The molecule has 1 unspecified atom stereocenters. The summed E-state index contributed by atoms with van der Waals surface area (Å²) in [6, 6.07) is 26.6. The number of amides is 1. The molecule has 1 N–H and O–H groups in total. The average Bonchev–Trinajstić information content (AvgIpc) is 3.54. The number of anilines is 1. The van der Waals surface area contributed by atoms with Crippen molar-refractivity contribution in [3.63, 3.8) is 0 Å². The predicted octanol–water partition coefficient (Wildman–Crippen LogP) is 7.13. The molecule has 4 aromatic carbocycles. The van der Waals surface area contributed by atoms with Gasteiger partial charge in [-0.1, -0.05) is 48.5 Å². The third-order valence-electron chi connectivity index (χ3n) is 7.23. The third-order valence-corrected chi connectivity index (χ3v) is 7.60. The van der Waals surface area contributed by atoms with E-state index in [1.54, 1.807) is 14.2 Å². The van der Waals surface area contributed by atoms with E-state index in [-0.39, 0.29) is 11.8 Å². The molecule has 0 aliphatic carbocycles. The van der Waals surface area contributed by atoms with Gasteiger partial charge in [0, 0.05) is 42.0 Å². The minimum Gasteiger partial charge on any atom is -0.497 e. The Balaban J connectivity index is 1.48. The lowest BCUT2D eigenvalue weighted by Gasteiger charge is -2.19. The van der Waals surface area contributed by atoms with Crippen molar-refractivity contribution in [2.75, 3.05) is 31.5 Å². The minimum atomic E-state index is -0.0688. The second kappa shape index (κ2) is 9.58. The summed E-state index contributed by atoms with van der Waals surface area (Å²) in [6.07, 6.45) is 0. The van der Waals surface area contributed by atoms with Crippen LogP contribution in [0.5, 0.6) is 5.75 Å². The Hall–Kier alpha value is -3.80. The monoisotopic (exact) mass is 510 g/mol. The quantitative estimate of drug-likeness (QED) is 0.247. The number of alkyl halides is 1. The van der Waals surface area contributed by atoms with Gasteiger partial charge in [-0.05, 0) is 63.4 Å². The fraction of sp³-hybridized carbons (Fsp3) is 0.194. The van der Waals surface area contributed by atoms with E-state index in [0.717, 1.165) is 55.4 Å². The molecule has 1 amide bonds. The lowest BCUT2D eigenvalue weighted by atomic mass is 9.90. The van der Waals surface area contributed by atoms with Gasteiger partial charge in [-0.3, -0.25) is 4.79 Å². The van der Waals surface area contributed by atoms with Crippen molar-refractivity contribution < 1.29 is 14.3 Å². The van der Waals surface area contributed by atoms with Crippen LogP contribution in [0.25, 0.3) is 32.8 Å². The van der Waals surface area contributed by atoms with Crippen molar-refractivity contribution in [1.29, 1.82) is 0 Å². The van der Waals surface area contributed by atoms with Crippen molar-refractivity contribution in [1.82, 2.24) is 4.98 Å². The summed E-state index contributed by atoms with van der Waals surface area (Å²) in [6.45, 7) is 1.11. The average molecular weight is 511 g/mol. The van der Waals surface area contributed by atoms with Crippen LogP contribution in [0.2, 0.25) is 0 Å². The SMILES string of the molecule is COCc1ccc(-c2cc3c(c4ccccc24)C(CCl)CN3C(=O)c2cc3cc(OC)ccc3[nH]2)cc1. The Morgan fingerprint density at radius 2 is 1.78 bits per heavy atom. The maximum atomic E-state index is 13.9. The van der Waals surface area contributed by atoms with Crippen LogP contribution in [-0.2, 0) is 11.3 Å². The van der Waals surface area contributed by atoms with Gasteiger partial charge in [0.15, 0.2) is 0 Å². The number of aromatic amines is 1. The smallest absolute Gasteiger partial charge is 0.274 e. The van der Waals surface area contributed by atoms with Crippen molar-refractivity contribution >= 4 is 44.9 Å². The summed E-state index contributed by atoms with van der Waals surface area (Å²) >= 11 is 6.48. The summed E-state index contributed by atoms with van der Waals surface area (Å²) in [5, 5.41) is 3.23. The van der Waals surface area contributed by atoms with Gasteiger partial charge >= 0.3 is 0 Å². The first-order chi connectivity index (χ1) is 18.1. The van der Waals surface area contributed by atoms with E-state index in [1.807, 2.05) is 29.2 Å². The van der Waals surface area contributed by atoms with E-state index in [4.69, 9.17) is 21.1 Å². The van der Waals surface area contributed by atoms with Crippen molar-refractivity contribution in [3.8, 4) is 16.9 Å². The fourth-order valence-corrected chi connectivity index (χ4v) is 5.70. The number of halogens is 1. The van der Waals surface area contributed by atoms with E-state index in [9.17, 15) is 4.79 Å². The van der Waals surface area contributed by atoms with Gasteiger partial charge in [-0.25, -0.2) is 0 Å². The normalized spacial score (nSPS) is 14.9. The number of methoxy groups -OCH3 is 2. The van der Waals surface area contributed by atoms with Gasteiger partial charge in [0.25, 0.3) is 5.91 Å². The summed E-state index contributed by atoms with van der Waals surface area (Å²) < 4.78 is 10.6. The molecule has 0 saturated heterocycles. The summed E-state index contributed by atoms with van der Waals surface area (Å²) in [5.74, 6) is 1.18. The van der Waals surface area contributed by atoms with E-state index < -0.39 is 0 Å². The van der Waals surface area contributed by atoms with Gasteiger partial charge in [0.1, 0.15) is 11.4 Å². The fourth-order valence-electron chi connectivity index (χ4n) is 5.45.